The first kappa shape index (κ1) is 22.4. The first-order valence-corrected chi connectivity index (χ1v) is 12.0. The van der Waals surface area contributed by atoms with Crippen molar-refractivity contribution in [2.24, 2.45) is 5.92 Å². The van der Waals surface area contributed by atoms with Gasteiger partial charge in [0.1, 0.15) is 0 Å². The quantitative estimate of drug-likeness (QED) is 0.511. The van der Waals surface area contributed by atoms with Gasteiger partial charge in [0.05, 0.1) is 25.4 Å². The van der Waals surface area contributed by atoms with E-state index >= 15 is 0 Å². The second kappa shape index (κ2) is 10.6. The molecule has 1 aromatic heterocycles. The number of esters is 1. The van der Waals surface area contributed by atoms with Crippen LogP contribution in [0.15, 0.2) is 16.9 Å². The van der Waals surface area contributed by atoms with Crippen molar-refractivity contribution in [3.63, 3.8) is 0 Å². The second-order valence-corrected chi connectivity index (χ2v) is 8.85. The summed E-state index contributed by atoms with van der Waals surface area (Å²) in [5.74, 6) is 0.317. The van der Waals surface area contributed by atoms with Crippen LogP contribution in [0.3, 0.4) is 0 Å². The van der Waals surface area contributed by atoms with Crippen LogP contribution in [0.2, 0.25) is 0 Å². The third kappa shape index (κ3) is 5.64. The fourth-order valence-corrected chi connectivity index (χ4v) is 5.19. The van der Waals surface area contributed by atoms with Gasteiger partial charge in [-0.25, -0.2) is 0 Å². The molecule has 2 aliphatic rings. The number of nitrogens with zero attached hydrogens (tertiary/aromatic N) is 1. The normalized spacial score (nSPS) is 26.7. The largest absolute Gasteiger partial charge is 0.466 e. The van der Waals surface area contributed by atoms with Gasteiger partial charge in [0.15, 0.2) is 0 Å². The molecule has 3 rings (SSSR count). The summed E-state index contributed by atoms with van der Waals surface area (Å²) in [5, 5.41) is 0. The van der Waals surface area contributed by atoms with Crippen molar-refractivity contribution in [3.05, 3.63) is 33.7 Å². The number of hydrogen-bond donors (Lipinski definition) is 1. The maximum atomic E-state index is 12.9. The summed E-state index contributed by atoms with van der Waals surface area (Å²) in [6, 6.07) is 4.24. The van der Waals surface area contributed by atoms with E-state index in [1.807, 2.05) is 30.7 Å². The average Bonchev–Trinajstić information content (AvgIpc) is 2.71. The van der Waals surface area contributed by atoms with E-state index < -0.39 is 0 Å². The van der Waals surface area contributed by atoms with E-state index in [0.717, 1.165) is 49.8 Å². The van der Waals surface area contributed by atoms with E-state index in [-0.39, 0.29) is 29.7 Å². The lowest BCUT2D eigenvalue weighted by molar-refractivity contribution is -0.144. The molecule has 1 saturated carbocycles. The van der Waals surface area contributed by atoms with Crippen molar-refractivity contribution in [3.8, 4) is 0 Å². The zero-order chi connectivity index (χ0) is 20.8. The Kier molecular flexibility index (Phi) is 8.21. The zero-order valence-electron chi connectivity index (χ0n) is 17.8. The Balaban J connectivity index is 1.60. The van der Waals surface area contributed by atoms with Crippen molar-refractivity contribution in [2.75, 3.05) is 19.5 Å². The lowest BCUT2D eigenvalue weighted by atomic mass is 9.85. The molecule has 162 valence electrons. The van der Waals surface area contributed by atoms with Crippen LogP contribution >= 0.6 is 11.9 Å². The highest BCUT2D eigenvalue weighted by Crippen LogP contribution is 2.31. The molecular weight excluding hydrogens is 388 g/mol. The summed E-state index contributed by atoms with van der Waals surface area (Å²) in [6.07, 6.45) is 8.58. The maximum absolute atomic E-state index is 12.9. The molecule has 0 amide bonds. The van der Waals surface area contributed by atoms with Crippen molar-refractivity contribution in [2.45, 2.75) is 77.0 Å². The van der Waals surface area contributed by atoms with Gasteiger partial charge in [0.2, 0.25) is 0 Å². The molecule has 0 radical (unpaired) electrons. The van der Waals surface area contributed by atoms with E-state index in [4.69, 9.17) is 9.47 Å². The Bertz CT molecular complexity index is 743. The number of carbonyl (C=O) groups excluding carboxylic acids is 1. The van der Waals surface area contributed by atoms with E-state index in [0.29, 0.717) is 25.6 Å². The standard InChI is InChI=1S/C22H34N2O4S/c1-4-27-21(25)13-16-6-10-18(11-7-16)28-14-20-19(23-29-3)12-9-17-8-5-15(2)22(26)24(17)20/h5,8,16,18-20,23H,4,6-7,9-14H2,1-3H3. The number of nitrogens with one attached hydrogen (secondary N) is 1. The molecule has 1 aromatic rings. The highest BCUT2D eigenvalue weighted by molar-refractivity contribution is 7.96. The number of hydrogen-bond acceptors (Lipinski definition) is 6. The van der Waals surface area contributed by atoms with E-state index in [2.05, 4.69) is 10.8 Å². The van der Waals surface area contributed by atoms with Crippen LogP contribution in [-0.2, 0) is 20.7 Å². The molecule has 7 heteroatoms. The summed E-state index contributed by atoms with van der Waals surface area (Å²) in [5.41, 5.74) is 1.98. The van der Waals surface area contributed by atoms with Gasteiger partial charge in [-0.05, 0) is 70.6 Å². The van der Waals surface area contributed by atoms with Crippen LogP contribution in [0.25, 0.3) is 0 Å². The van der Waals surface area contributed by atoms with Gasteiger partial charge in [-0.3, -0.25) is 14.3 Å². The van der Waals surface area contributed by atoms with Gasteiger partial charge >= 0.3 is 5.97 Å². The first-order valence-electron chi connectivity index (χ1n) is 10.8. The fourth-order valence-electron chi connectivity index (χ4n) is 4.61. The molecule has 1 N–H and O–H groups in total. The highest BCUT2D eigenvalue weighted by Gasteiger charge is 2.32. The fraction of sp³-hybridized carbons (Fsp3) is 0.727. The lowest BCUT2D eigenvalue weighted by Gasteiger charge is -2.37. The Morgan fingerprint density at radius 1 is 1.24 bits per heavy atom. The number of fused-ring (bicyclic) bond motifs is 1. The molecule has 6 nitrogen and oxygen atoms in total. The minimum Gasteiger partial charge on any atom is -0.466 e. The molecule has 29 heavy (non-hydrogen) atoms. The van der Waals surface area contributed by atoms with Crippen molar-refractivity contribution < 1.29 is 14.3 Å². The van der Waals surface area contributed by atoms with E-state index in [1.165, 1.54) is 0 Å². The summed E-state index contributed by atoms with van der Waals surface area (Å²) >= 11 is 1.60. The SMILES string of the molecule is CCOC(=O)CC1CCC(OCC2C(NSC)CCc3ccc(C)c(=O)n32)CC1. The number of ether oxygens (including phenoxy) is 2. The molecule has 0 spiro atoms. The molecule has 2 heterocycles. The Hall–Kier alpha value is -1.31. The molecule has 2 atom stereocenters. The highest BCUT2D eigenvalue weighted by atomic mass is 32.2. The van der Waals surface area contributed by atoms with Crippen molar-refractivity contribution in [1.29, 1.82) is 0 Å². The van der Waals surface area contributed by atoms with Crippen LogP contribution < -0.4 is 10.3 Å². The molecule has 0 aromatic carbocycles. The molecular formula is C22H34N2O4S. The molecule has 1 fully saturated rings. The van der Waals surface area contributed by atoms with Gasteiger partial charge in [-0.2, -0.15) is 0 Å². The van der Waals surface area contributed by atoms with Gasteiger partial charge < -0.3 is 14.0 Å². The molecule has 1 aliphatic heterocycles. The van der Waals surface area contributed by atoms with Gasteiger partial charge in [0.25, 0.3) is 5.56 Å². The summed E-state index contributed by atoms with van der Waals surface area (Å²) in [4.78, 5) is 24.6. The lowest BCUT2D eigenvalue weighted by Crippen LogP contribution is -2.46. The summed E-state index contributed by atoms with van der Waals surface area (Å²) in [7, 11) is 0. The zero-order valence-corrected chi connectivity index (χ0v) is 18.6. The molecule has 2 unspecified atom stereocenters. The minimum absolute atomic E-state index is 0.0101. The predicted molar refractivity (Wildman–Crippen MR) is 116 cm³/mol. The minimum atomic E-state index is -0.0867. The number of pyridine rings is 1. The van der Waals surface area contributed by atoms with Crippen LogP contribution in [0, 0.1) is 12.8 Å². The van der Waals surface area contributed by atoms with Gasteiger partial charge in [-0.1, -0.05) is 18.0 Å². The van der Waals surface area contributed by atoms with Crippen molar-refractivity contribution >= 4 is 17.9 Å². The monoisotopic (exact) mass is 422 g/mol. The average molecular weight is 423 g/mol. The van der Waals surface area contributed by atoms with Crippen LogP contribution in [0.1, 0.15) is 62.7 Å². The summed E-state index contributed by atoms with van der Waals surface area (Å²) < 4.78 is 16.8. The van der Waals surface area contributed by atoms with Crippen LogP contribution in [0.4, 0.5) is 0 Å². The second-order valence-electron chi connectivity index (χ2n) is 8.20. The summed E-state index contributed by atoms with van der Waals surface area (Å²) in [6.45, 7) is 4.72. The Labute approximate surface area is 177 Å². The molecule has 1 aliphatic carbocycles. The Morgan fingerprint density at radius 2 is 2.00 bits per heavy atom. The smallest absolute Gasteiger partial charge is 0.306 e. The van der Waals surface area contributed by atoms with Gasteiger partial charge in [-0.15, -0.1) is 0 Å². The number of aromatic nitrogens is 1. The maximum Gasteiger partial charge on any atom is 0.306 e. The Morgan fingerprint density at radius 3 is 2.69 bits per heavy atom. The van der Waals surface area contributed by atoms with Gasteiger partial charge in [0, 0.05) is 23.7 Å². The van der Waals surface area contributed by atoms with Crippen LogP contribution in [0.5, 0.6) is 0 Å². The first-order chi connectivity index (χ1) is 14.0. The predicted octanol–water partition coefficient (Wildman–Crippen LogP) is 3.41. The van der Waals surface area contributed by atoms with Crippen molar-refractivity contribution in [1.82, 2.24) is 9.29 Å². The number of rotatable bonds is 8. The number of carbonyl (C=O) groups is 1. The molecule has 0 bridgehead atoms. The number of aryl methyl sites for hydroxylation is 2. The third-order valence-electron chi connectivity index (χ3n) is 6.23. The van der Waals surface area contributed by atoms with E-state index in [1.54, 1.807) is 11.9 Å². The van der Waals surface area contributed by atoms with Crippen LogP contribution in [-0.4, -0.2) is 42.2 Å². The molecule has 0 saturated heterocycles. The van der Waals surface area contributed by atoms with E-state index in [9.17, 15) is 9.59 Å². The topological polar surface area (TPSA) is 69.6 Å². The third-order valence-corrected chi connectivity index (χ3v) is 6.76.